The van der Waals surface area contributed by atoms with Crippen LogP contribution >= 0.6 is 0 Å². The summed E-state index contributed by atoms with van der Waals surface area (Å²) in [4.78, 5) is 31.2. The Balaban J connectivity index is 1.49. The topological polar surface area (TPSA) is 95.3 Å². The molecule has 1 atom stereocenters. The number of carbonyl (C=O) groups is 2. The lowest BCUT2D eigenvalue weighted by Crippen LogP contribution is -2.39. The molecule has 1 saturated heterocycles. The van der Waals surface area contributed by atoms with Gasteiger partial charge in [-0.05, 0) is 50.5 Å². The number of nitrogens with zero attached hydrogens (tertiary/aromatic N) is 3. The van der Waals surface area contributed by atoms with Gasteiger partial charge in [-0.1, -0.05) is 18.2 Å². The van der Waals surface area contributed by atoms with Crippen LogP contribution in [0.5, 0.6) is 0 Å². The Hall–Kier alpha value is -3.40. The molecule has 2 heterocycles. The minimum atomic E-state index is -0.861. The summed E-state index contributed by atoms with van der Waals surface area (Å²) in [5.74, 6) is -0.128. The van der Waals surface area contributed by atoms with Crippen LogP contribution in [-0.4, -0.2) is 36.1 Å². The van der Waals surface area contributed by atoms with E-state index in [-0.39, 0.29) is 17.8 Å². The van der Waals surface area contributed by atoms with Gasteiger partial charge in [0.1, 0.15) is 11.9 Å². The zero-order valence-corrected chi connectivity index (χ0v) is 16.6. The first kappa shape index (κ1) is 20.3. The summed E-state index contributed by atoms with van der Waals surface area (Å²) < 4.78 is 5.41. The molecule has 0 spiro atoms. The number of rotatable bonds is 5. The van der Waals surface area contributed by atoms with Crippen molar-refractivity contribution in [1.29, 1.82) is 5.26 Å². The molecule has 150 valence electrons. The van der Waals surface area contributed by atoms with Gasteiger partial charge in [0.2, 0.25) is 0 Å². The van der Waals surface area contributed by atoms with Crippen LogP contribution in [0, 0.1) is 24.2 Å². The molecule has 1 aliphatic heterocycles. The van der Waals surface area contributed by atoms with Gasteiger partial charge in [-0.3, -0.25) is 9.59 Å². The normalized spacial score (nSPS) is 15.3. The Labute approximate surface area is 170 Å². The number of nitriles is 1. The Morgan fingerprint density at radius 2 is 1.97 bits per heavy atom. The number of ether oxygens (including phenoxy) is 1. The van der Waals surface area contributed by atoms with Gasteiger partial charge >= 0.3 is 5.97 Å². The lowest BCUT2D eigenvalue weighted by Gasteiger charge is -2.32. The van der Waals surface area contributed by atoms with Gasteiger partial charge in [-0.2, -0.15) is 5.26 Å². The van der Waals surface area contributed by atoms with Gasteiger partial charge in [-0.25, -0.2) is 4.98 Å². The van der Waals surface area contributed by atoms with Gasteiger partial charge in [0.25, 0.3) is 5.91 Å². The first-order valence-corrected chi connectivity index (χ1v) is 9.66. The van der Waals surface area contributed by atoms with Crippen LogP contribution in [0.15, 0.2) is 42.6 Å². The number of hydrogen-bond acceptors (Lipinski definition) is 6. The van der Waals surface area contributed by atoms with Crippen LogP contribution in [0.1, 0.15) is 30.9 Å². The maximum atomic E-state index is 12.5. The maximum absolute atomic E-state index is 12.5. The fraction of sp³-hybridized carbons (Fsp3) is 0.364. The molecular formula is C22H24N4O3. The third-order valence-corrected chi connectivity index (χ3v) is 5.09. The lowest BCUT2D eigenvalue weighted by atomic mass is 9.97. The zero-order valence-electron chi connectivity index (χ0n) is 16.6. The Kier molecular flexibility index (Phi) is 6.45. The van der Waals surface area contributed by atoms with E-state index < -0.39 is 6.10 Å². The molecule has 0 saturated carbocycles. The molecule has 1 N–H and O–H groups in total. The Morgan fingerprint density at radius 3 is 2.59 bits per heavy atom. The Bertz CT molecular complexity index is 912. The van der Waals surface area contributed by atoms with Crippen molar-refractivity contribution in [3.63, 3.8) is 0 Å². The summed E-state index contributed by atoms with van der Waals surface area (Å²) in [5, 5.41) is 11.7. The summed E-state index contributed by atoms with van der Waals surface area (Å²) in [6, 6.07) is 13.1. The van der Waals surface area contributed by atoms with Crippen molar-refractivity contribution in [1.82, 2.24) is 4.98 Å². The fourth-order valence-corrected chi connectivity index (χ4v) is 3.26. The second-order valence-corrected chi connectivity index (χ2v) is 7.16. The van der Waals surface area contributed by atoms with Crippen molar-refractivity contribution in [3.05, 3.63) is 53.7 Å². The molecule has 7 nitrogen and oxygen atoms in total. The number of anilines is 2. The average Bonchev–Trinajstić information content (AvgIpc) is 2.75. The van der Waals surface area contributed by atoms with Gasteiger partial charge in [0, 0.05) is 25.0 Å². The van der Waals surface area contributed by atoms with Gasteiger partial charge in [0.15, 0.2) is 6.10 Å². The van der Waals surface area contributed by atoms with E-state index in [0.29, 0.717) is 37.2 Å². The molecule has 0 radical (unpaired) electrons. The fourth-order valence-electron chi connectivity index (χ4n) is 3.26. The van der Waals surface area contributed by atoms with Crippen molar-refractivity contribution in [3.8, 4) is 6.07 Å². The average molecular weight is 392 g/mol. The number of hydrogen-bond donors (Lipinski definition) is 1. The van der Waals surface area contributed by atoms with E-state index in [1.54, 1.807) is 19.2 Å². The number of nitrogens with one attached hydrogen (secondary N) is 1. The van der Waals surface area contributed by atoms with Crippen molar-refractivity contribution in [2.75, 3.05) is 23.3 Å². The van der Waals surface area contributed by atoms with E-state index in [0.717, 1.165) is 11.4 Å². The van der Waals surface area contributed by atoms with Crippen LogP contribution in [0.3, 0.4) is 0 Å². The summed E-state index contributed by atoms with van der Waals surface area (Å²) in [5.41, 5.74) is 2.18. The predicted octanol–water partition coefficient (Wildman–Crippen LogP) is 3.05. The number of pyridine rings is 1. The number of benzene rings is 1. The SMILES string of the molecule is Cc1ccccc1NC(=O)C(C)OC(=O)C1CCN(c2ccc(C#N)cn2)CC1. The first-order chi connectivity index (χ1) is 14.0. The van der Waals surface area contributed by atoms with Gasteiger partial charge in [-0.15, -0.1) is 0 Å². The molecule has 1 aromatic heterocycles. The van der Waals surface area contributed by atoms with E-state index in [2.05, 4.69) is 15.2 Å². The van der Waals surface area contributed by atoms with E-state index in [1.165, 1.54) is 0 Å². The zero-order chi connectivity index (χ0) is 20.8. The second-order valence-electron chi connectivity index (χ2n) is 7.16. The predicted molar refractivity (Wildman–Crippen MR) is 109 cm³/mol. The van der Waals surface area contributed by atoms with Crippen LogP contribution in [0.2, 0.25) is 0 Å². The van der Waals surface area contributed by atoms with Gasteiger partial charge in [0.05, 0.1) is 11.5 Å². The molecule has 29 heavy (non-hydrogen) atoms. The van der Waals surface area contributed by atoms with Crippen LogP contribution in [-0.2, 0) is 14.3 Å². The largest absolute Gasteiger partial charge is 0.452 e. The minimum Gasteiger partial charge on any atom is -0.452 e. The van der Waals surface area contributed by atoms with E-state index >= 15 is 0 Å². The third kappa shape index (κ3) is 5.11. The number of esters is 1. The monoisotopic (exact) mass is 392 g/mol. The van der Waals surface area contributed by atoms with Crippen LogP contribution in [0.25, 0.3) is 0 Å². The highest BCUT2D eigenvalue weighted by atomic mass is 16.5. The molecule has 1 amide bonds. The maximum Gasteiger partial charge on any atom is 0.309 e. The molecule has 3 rings (SSSR count). The summed E-state index contributed by atoms with van der Waals surface area (Å²) >= 11 is 0. The van der Waals surface area contributed by atoms with Crippen molar-refractivity contribution >= 4 is 23.4 Å². The number of aryl methyl sites for hydroxylation is 1. The highest BCUT2D eigenvalue weighted by Gasteiger charge is 2.29. The molecule has 2 aromatic rings. The van der Waals surface area contributed by atoms with Crippen LogP contribution < -0.4 is 10.2 Å². The molecule has 1 unspecified atom stereocenters. The number of piperidine rings is 1. The van der Waals surface area contributed by atoms with E-state index in [4.69, 9.17) is 10.00 Å². The molecule has 7 heteroatoms. The van der Waals surface area contributed by atoms with E-state index in [9.17, 15) is 9.59 Å². The minimum absolute atomic E-state index is 0.238. The second kappa shape index (κ2) is 9.20. The van der Waals surface area contributed by atoms with Crippen molar-refractivity contribution in [2.24, 2.45) is 5.92 Å². The number of amides is 1. The smallest absolute Gasteiger partial charge is 0.309 e. The number of aromatic nitrogens is 1. The van der Waals surface area contributed by atoms with Crippen molar-refractivity contribution in [2.45, 2.75) is 32.8 Å². The molecule has 1 fully saturated rings. The summed E-state index contributed by atoms with van der Waals surface area (Å²) in [6.07, 6.45) is 1.95. The van der Waals surface area contributed by atoms with Crippen LogP contribution in [0.4, 0.5) is 11.5 Å². The van der Waals surface area contributed by atoms with E-state index in [1.807, 2.05) is 43.3 Å². The lowest BCUT2D eigenvalue weighted by molar-refractivity contribution is -0.157. The summed E-state index contributed by atoms with van der Waals surface area (Å²) in [6.45, 7) is 4.83. The molecule has 0 bridgehead atoms. The highest BCUT2D eigenvalue weighted by Crippen LogP contribution is 2.23. The summed E-state index contributed by atoms with van der Waals surface area (Å²) in [7, 11) is 0. The first-order valence-electron chi connectivity index (χ1n) is 9.66. The Morgan fingerprint density at radius 1 is 1.24 bits per heavy atom. The quantitative estimate of drug-likeness (QED) is 0.786. The number of para-hydroxylation sites is 1. The van der Waals surface area contributed by atoms with Gasteiger partial charge < -0.3 is 15.0 Å². The molecular weight excluding hydrogens is 368 g/mol. The third-order valence-electron chi connectivity index (χ3n) is 5.09. The highest BCUT2D eigenvalue weighted by molar-refractivity contribution is 5.95. The number of carbonyl (C=O) groups excluding carboxylic acids is 2. The molecule has 1 aliphatic rings. The molecule has 1 aromatic carbocycles. The van der Waals surface area contributed by atoms with Crippen molar-refractivity contribution < 1.29 is 14.3 Å². The molecule has 0 aliphatic carbocycles. The standard InChI is InChI=1S/C22H24N4O3/c1-15-5-3-4-6-19(15)25-21(27)16(2)29-22(28)18-9-11-26(12-10-18)20-8-7-17(13-23)14-24-20/h3-8,14,16,18H,9-12H2,1-2H3,(H,25,27).